The normalized spacial score (nSPS) is 10.8. The summed E-state index contributed by atoms with van der Waals surface area (Å²) in [5, 5.41) is 7.03. The van der Waals surface area contributed by atoms with Gasteiger partial charge in [-0.3, -0.25) is 9.59 Å². The van der Waals surface area contributed by atoms with Crippen LogP contribution in [0.4, 0.5) is 5.69 Å². The van der Waals surface area contributed by atoms with Crippen LogP contribution in [0.25, 0.3) is 0 Å². The minimum Gasteiger partial charge on any atom is -0.373 e. The van der Waals surface area contributed by atoms with Crippen LogP contribution in [0.3, 0.4) is 0 Å². The van der Waals surface area contributed by atoms with Crippen LogP contribution in [0.1, 0.15) is 27.7 Å². The van der Waals surface area contributed by atoms with Crippen LogP contribution in [0, 0.1) is 5.92 Å². The van der Waals surface area contributed by atoms with E-state index in [2.05, 4.69) is 10.4 Å². The molecule has 1 rings (SSSR count). The second-order valence-corrected chi connectivity index (χ2v) is 5.55. The number of aromatic nitrogens is 2. The number of likely N-dealkylation sites (N-methyl/N-ethyl adjacent to an activating group) is 1. The summed E-state index contributed by atoms with van der Waals surface area (Å²) in [4.78, 5) is 25.7. The molecule has 0 spiro atoms. The number of halogens is 1. The molecule has 0 saturated heterocycles. The second kappa shape index (κ2) is 8.02. The molecule has 0 aliphatic carbocycles. The molecule has 0 saturated carbocycles. The van der Waals surface area contributed by atoms with E-state index in [-0.39, 0.29) is 23.0 Å². The maximum absolute atomic E-state index is 12.0. The quantitative estimate of drug-likeness (QED) is 0.834. The average Bonchev–Trinajstić information content (AvgIpc) is 2.44. The van der Waals surface area contributed by atoms with Crippen LogP contribution in [0.5, 0.6) is 0 Å². The smallest absolute Gasteiger partial charge is 0.287 e. The molecule has 0 unspecified atom stereocenters. The Labute approximate surface area is 130 Å². The molecular weight excluding hydrogens is 292 g/mol. The highest BCUT2D eigenvalue weighted by molar-refractivity contribution is 6.33. The molecule has 1 aromatic heterocycles. The first-order valence-electron chi connectivity index (χ1n) is 7.17. The third-order valence-corrected chi connectivity index (χ3v) is 3.43. The zero-order chi connectivity index (χ0) is 16.0. The standard InChI is InChI=1S/C14H23ClN4O2/c1-5-18(6-2)12(20)8-16-11-7-17-19(9-10(3)4)14(21)13(11)15/h7,10,16H,5-6,8-9H2,1-4H3. The number of hydrogen-bond acceptors (Lipinski definition) is 4. The Morgan fingerprint density at radius 2 is 2.05 bits per heavy atom. The van der Waals surface area contributed by atoms with E-state index in [0.29, 0.717) is 31.2 Å². The first-order chi connectivity index (χ1) is 9.90. The van der Waals surface area contributed by atoms with Gasteiger partial charge in [0.2, 0.25) is 5.91 Å². The highest BCUT2D eigenvalue weighted by atomic mass is 35.5. The summed E-state index contributed by atoms with van der Waals surface area (Å²) in [5.41, 5.74) is 0.0489. The summed E-state index contributed by atoms with van der Waals surface area (Å²) in [6.07, 6.45) is 1.49. The Morgan fingerprint density at radius 3 is 2.57 bits per heavy atom. The maximum Gasteiger partial charge on any atom is 0.287 e. The van der Waals surface area contributed by atoms with Gasteiger partial charge in [0.1, 0.15) is 5.02 Å². The van der Waals surface area contributed by atoms with Crippen molar-refractivity contribution in [1.29, 1.82) is 0 Å². The largest absolute Gasteiger partial charge is 0.373 e. The molecule has 1 heterocycles. The van der Waals surface area contributed by atoms with Crippen molar-refractivity contribution in [1.82, 2.24) is 14.7 Å². The first kappa shape index (κ1) is 17.5. The Balaban J connectivity index is 2.80. The van der Waals surface area contributed by atoms with Gasteiger partial charge in [-0.25, -0.2) is 4.68 Å². The number of rotatable bonds is 7. The van der Waals surface area contributed by atoms with Crippen LogP contribution >= 0.6 is 11.6 Å². The fourth-order valence-electron chi connectivity index (χ4n) is 1.92. The van der Waals surface area contributed by atoms with Gasteiger partial charge in [-0.05, 0) is 19.8 Å². The summed E-state index contributed by atoms with van der Waals surface area (Å²) in [5.74, 6) is 0.261. The Bertz CT molecular complexity index is 538. The van der Waals surface area contributed by atoms with E-state index in [1.54, 1.807) is 4.90 Å². The summed E-state index contributed by atoms with van der Waals surface area (Å²) in [6, 6.07) is 0. The van der Waals surface area contributed by atoms with Gasteiger partial charge in [-0.1, -0.05) is 25.4 Å². The molecule has 6 nitrogen and oxygen atoms in total. The second-order valence-electron chi connectivity index (χ2n) is 5.17. The van der Waals surface area contributed by atoms with Crippen molar-refractivity contribution in [2.75, 3.05) is 25.0 Å². The molecule has 0 aromatic carbocycles. The van der Waals surface area contributed by atoms with Crippen molar-refractivity contribution in [2.45, 2.75) is 34.2 Å². The SMILES string of the molecule is CCN(CC)C(=O)CNc1cnn(CC(C)C)c(=O)c1Cl. The first-order valence-corrected chi connectivity index (χ1v) is 7.55. The Hall–Kier alpha value is -1.56. The number of hydrogen-bond donors (Lipinski definition) is 1. The molecule has 118 valence electrons. The molecule has 0 bridgehead atoms. The molecule has 7 heteroatoms. The number of nitrogens with one attached hydrogen (secondary N) is 1. The zero-order valence-corrected chi connectivity index (χ0v) is 13.8. The number of anilines is 1. The monoisotopic (exact) mass is 314 g/mol. The molecular formula is C14H23ClN4O2. The van der Waals surface area contributed by atoms with Crippen molar-refractivity contribution in [2.24, 2.45) is 5.92 Å². The lowest BCUT2D eigenvalue weighted by molar-refractivity contribution is -0.128. The van der Waals surface area contributed by atoms with Gasteiger partial charge >= 0.3 is 0 Å². The highest BCUT2D eigenvalue weighted by Gasteiger charge is 2.13. The molecule has 1 aromatic rings. The average molecular weight is 315 g/mol. The third kappa shape index (κ3) is 4.74. The third-order valence-electron chi connectivity index (χ3n) is 3.07. The summed E-state index contributed by atoms with van der Waals surface area (Å²) >= 11 is 6.05. The van der Waals surface area contributed by atoms with Gasteiger partial charge in [-0.15, -0.1) is 0 Å². The van der Waals surface area contributed by atoms with Crippen molar-refractivity contribution < 1.29 is 4.79 Å². The predicted octanol–water partition coefficient (Wildman–Crippen LogP) is 1.83. The van der Waals surface area contributed by atoms with Gasteiger partial charge in [-0.2, -0.15) is 5.10 Å². The molecule has 0 aliphatic heterocycles. The summed E-state index contributed by atoms with van der Waals surface area (Å²) in [7, 11) is 0. The van der Waals surface area contributed by atoms with Crippen molar-refractivity contribution in [3.05, 3.63) is 21.6 Å². The van der Waals surface area contributed by atoms with Gasteiger partial charge in [0.15, 0.2) is 0 Å². The summed E-state index contributed by atoms with van der Waals surface area (Å²) in [6.45, 7) is 9.74. The van der Waals surface area contributed by atoms with E-state index in [9.17, 15) is 9.59 Å². The van der Waals surface area contributed by atoms with Gasteiger partial charge < -0.3 is 10.2 Å². The van der Waals surface area contributed by atoms with Gasteiger partial charge in [0, 0.05) is 19.6 Å². The lowest BCUT2D eigenvalue weighted by Crippen LogP contribution is -2.35. The van der Waals surface area contributed by atoms with Crippen LogP contribution < -0.4 is 10.9 Å². The molecule has 0 aliphatic rings. The van der Waals surface area contributed by atoms with Crippen LogP contribution in [0.2, 0.25) is 5.02 Å². The number of nitrogens with zero attached hydrogens (tertiary/aromatic N) is 3. The lowest BCUT2D eigenvalue weighted by Gasteiger charge is -2.19. The number of carbonyl (C=O) groups excluding carboxylic acids is 1. The van der Waals surface area contributed by atoms with Crippen LogP contribution in [0.15, 0.2) is 11.0 Å². The van der Waals surface area contributed by atoms with Crippen molar-refractivity contribution >= 4 is 23.2 Å². The van der Waals surface area contributed by atoms with E-state index < -0.39 is 0 Å². The fraction of sp³-hybridized carbons (Fsp3) is 0.643. The number of carbonyl (C=O) groups is 1. The van der Waals surface area contributed by atoms with Crippen molar-refractivity contribution in [3.8, 4) is 0 Å². The fourth-order valence-corrected chi connectivity index (χ4v) is 2.14. The zero-order valence-electron chi connectivity index (χ0n) is 13.0. The van der Waals surface area contributed by atoms with E-state index >= 15 is 0 Å². The van der Waals surface area contributed by atoms with E-state index in [0.717, 1.165) is 0 Å². The van der Waals surface area contributed by atoms with E-state index in [4.69, 9.17) is 11.6 Å². The molecule has 1 amide bonds. The van der Waals surface area contributed by atoms with Gasteiger partial charge in [0.05, 0.1) is 18.4 Å². The molecule has 0 atom stereocenters. The minimum absolute atomic E-state index is 0.0394. The van der Waals surface area contributed by atoms with E-state index in [1.165, 1.54) is 10.9 Å². The topological polar surface area (TPSA) is 67.2 Å². The van der Waals surface area contributed by atoms with Crippen LogP contribution in [-0.4, -0.2) is 40.2 Å². The molecule has 1 N–H and O–H groups in total. The van der Waals surface area contributed by atoms with Crippen molar-refractivity contribution in [3.63, 3.8) is 0 Å². The number of amides is 1. The Kier molecular flexibility index (Phi) is 6.68. The maximum atomic E-state index is 12.0. The molecule has 21 heavy (non-hydrogen) atoms. The predicted molar refractivity (Wildman–Crippen MR) is 84.8 cm³/mol. The molecule has 0 radical (unpaired) electrons. The summed E-state index contributed by atoms with van der Waals surface area (Å²) < 4.78 is 1.34. The van der Waals surface area contributed by atoms with E-state index in [1.807, 2.05) is 27.7 Å². The lowest BCUT2D eigenvalue weighted by atomic mass is 10.2. The Morgan fingerprint density at radius 1 is 1.43 bits per heavy atom. The molecule has 0 fully saturated rings. The minimum atomic E-state index is -0.342. The van der Waals surface area contributed by atoms with Gasteiger partial charge in [0.25, 0.3) is 5.56 Å². The highest BCUT2D eigenvalue weighted by Crippen LogP contribution is 2.15. The van der Waals surface area contributed by atoms with Crippen LogP contribution in [-0.2, 0) is 11.3 Å².